The summed E-state index contributed by atoms with van der Waals surface area (Å²) in [6.45, 7) is 0. The predicted molar refractivity (Wildman–Crippen MR) is 125 cm³/mol. The van der Waals surface area contributed by atoms with Crippen molar-refractivity contribution in [1.82, 2.24) is 19.2 Å². The standard InChI is InChI=1S/C23H27ClN4O3S/c1-27(2)32(30,31)18-10-11-20-19(14-18)25-21(28(20)3)12-13-22(29)26-23(15-4-5-15)16-6-8-17(24)9-7-16/h6-11,14-15,23H,4-5,12-13H2,1-3H3,(H,26,29). The number of nitrogens with zero attached hydrogens (tertiary/aromatic N) is 3. The Kier molecular flexibility index (Phi) is 6.29. The van der Waals surface area contributed by atoms with Crippen LogP contribution in [-0.4, -0.2) is 42.3 Å². The summed E-state index contributed by atoms with van der Waals surface area (Å²) < 4.78 is 27.9. The highest BCUT2D eigenvalue weighted by molar-refractivity contribution is 7.89. The number of carbonyl (C=O) groups excluding carboxylic acids is 1. The zero-order valence-corrected chi connectivity index (χ0v) is 19.9. The van der Waals surface area contributed by atoms with Crippen molar-refractivity contribution in [2.45, 2.75) is 36.6 Å². The summed E-state index contributed by atoms with van der Waals surface area (Å²) in [4.78, 5) is 17.5. The number of aromatic nitrogens is 2. The number of sulfonamides is 1. The lowest BCUT2D eigenvalue weighted by Crippen LogP contribution is -2.30. The van der Waals surface area contributed by atoms with Crippen LogP contribution >= 0.6 is 11.6 Å². The second-order valence-corrected chi connectivity index (χ2v) is 11.0. The van der Waals surface area contributed by atoms with Crippen LogP contribution in [-0.2, 0) is 28.3 Å². The summed E-state index contributed by atoms with van der Waals surface area (Å²) >= 11 is 6.00. The van der Waals surface area contributed by atoms with E-state index in [-0.39, 0.29) is 16.8 Å². The van der Waals surface area contributed by atoms with Gasteiger partial charge in [0.15, 0.2) is 0 Å². The molecule has 0 spiro atoms. The van der Waals surface area contributed by atoms with Gasteiger partial charge in [-0.15, -0.1) is 0 Å². The van der Waals surface area contributed by atoms with E-state index in [0.717, 1.165) is 29.7 Å². The van der Waals surface area contributed by atoms with E-state index in [1.807, 2.05) is 35.9 Å². The second kappa shape index (κ2) is 8.84. The Balaban J connectivity index is 1.47. The topological polar surface area (TPSA) is 84.3 Å². The third kappa shape index (κ3) is 4.67. The molecule has 1 saturated carbocycles. The number of fused-ring (bicyclic) bond motifs is 1. The summed E-state index contributed by atoms with van der Waals surface area (Å²) in [7, 11) is 1.35. The summed E-state index contributed by atoms with van der Waals surface area (Å²) in [5.74, 6) is 1.18. The molecular formula is C23H27ClN4O3S. The molecule has 3 aromatic rings. The van der Waals surface area contributed by atoms with Gasteiger partial charge < -0.3 is 9.88 Å². The molecule has 2 aromatic carbocycles. The smallest absolute Gasteiger partial charge is 0.242 e. The molecule has 9 heteroatoms. The number of hydrogen-bond donors (Lipinski definition) is 1. The fourth-order valence-corrected chi connectivity index (χ4v) is 4.92. The maximum absolute atomic E-state index is 12.7. The minimum atomic E-state index is -3.53. The quantitative estimate of drug-likeness (QED) is 0.539. The lowest BCUT2D eigenvalue weighted by atomic mass is 10.0. The van der Waals surface area contributed by atoms with Crippen molar-refractivity contribution >= 4 is 38.6 Å². The number of halogens is 1. The van der Waals surface area contributed by atoms with Crippen LogP contribution in [0.3, 0.4) is 0 Å². The first-order valence-electron chi connectivity index (χ1n) is 10.6. The SMILES string of the molecule is CN(C)S(=O)(=O)c1ccc2c(c1)nc(CCC(=O)NC(c1ccc(Cl)cc1)C1CC1)n2C. The lowest BCUT2D eigenvalue weighted by Gasteiger charge is -2.19. The minimum absolute atomic E-state index is 0.000918. The van der Waals surface area contributed by atoms with Crippen molar-refractivity contribution < 1.29 is 13.2 Å². The number of imidazole rings is 1. The maximum Gasteiger partial charge on any atom is 0.242 e. The number of aryl methyl sites for hydroxylation is 2. The molecule has 1 N–H and O–H groups in total. The normalized spacial score (nSPS) is 15.3. The predicted octanol–water partition coefficient (Wildman–Crippen LogP) is 3.68. The number of amides is 1. The van der Waals surface area contributed by atoms with E-state index in [1.165, 1.54) is 18.4 Å². The van der Waals surface area contributed by atoms with Gasteiger partial charge in [0.2, 0.25) is 15.9 Å². The van der Waals surface area contributed by atoms with E-state index in [0.29, 0.717) is 29.3 Å². The van der Waals surface area contributed by atoms with Gasteiger partial charge in [0.1, 0.15) is 5.82 Å². The summed E-state index contributed by atoms with van der Waals surface area (Å²) in [6, 6.07) is 12.6. The van der Waals surface area contributed by atoms with E-state index < -0.39 is 10.0 Å². The van der Waals surface area contributed by atoms with Crippen molar-refractivity contribution in [2.75, 3.05) is 14.1 Å². The number of rotatable bonds is 8. The van der Waals surface area contributed by atoms with Gasteiger partial charge >= 0.3 is 0 Å². The van der Waals surface area contributed by atoms with Crippen LogP contribution in [0.4, 0.5) is 0 Å². The van der Waals surface area contributed by atoms with Gasteiger partial charge in [-0.3, -0.25) is 4.79 Å². The third-order valence-corrected chi connectivity index (χ3v) is 8.00. The molecule has 1 aliphatic rings. The van der Waals surface area contributed by atoms with Gasteiger partial charge in [-0.05, 0) is 54.7 Å². The van der Waals surface area contributed by atoms with Crippen LogP contribution in [0.5, 0.6) is 0 Å². The average molecular weight is 475 g/mol. The average Bonchev–Trinajstić information content (AvgIpc) is 3.55. The molecule has 1 heterocycles. The lowest BCUT2D eigenvalue weighted by molar-refractivity contribution is -0.122. The monoisotopic (exact) mass is 474 g/mol. The highest BCUT2D eigenvalue weighted by Crippen LogP contribution is 2.41. The molecule has 1 aromatic heterocycles. The molecule has 0 radical (unpaired) electrons. The third-order valence-electron chi connectivity index (χ3n) is 5.94. The van der Waals surface area contributed by atoms with Crippen LogP contribution in [0.25, 0.3) is 11.0 Å². The van der Waals surface area contributed by atoms with Crippen LogP contribution in [0, 0.1) is 5.92 Å². The summed E-state index contributed by atoms with van der Waals surface area (Å²) in [5.41, 5.74) is 2.50. The van der Waals surface area contributed by atoms with Crippen LogP contribution in [0.15, 0.2) is 47.4 Å². The summed E-state index contributed by atoms with van der Waals surface area (Å²) in [5, 5.41) is 3.85. The molecular weight excluding hydrogens is 448 g/mol. The Morgan fingerprint density at radius 1 is 1.22 bits per heavy atom. The number of hydrogen-bond acceptors (Lipinski definition) is 4. The van der Waals surface area contributed by atoms with Crippen molar-refractivity contribution in [3.05, 3.63) is 58.9 Å². The molecule has 1 unspecified atom stereocenters. The van der Waals surface area contributed by atoms with Crippen molar-refractivity contribution in [2.24, 2.45) is 13.0 Å². The van der Waals surface area contributed by atoms with Crippen molar-refractivity contribution in [1.29, 1.82) is 0 Å². The molecule has 1 fully saturated rings. The second-order valence-electron chi connectivity index (χ2n) is 8.46. The Morgan fingerprint density at radius 2 is 1.91 bits per heavy atom. The van der Waals surface area contributed by atoms with E-state index in [2.05, 4.69) is 10.3 Å². The fraction of sp³-hybridized carbons (Fsp3) is 0.391. The van der Waals surface area contributed by atoms with Gasteiger partial charge in [-0.25, -0.2) is 17.7 Å². The Morgan fingerprint density at radius 3 is 2.53 bits per heavy atom. The summed E-state index contributed by atoms with van der Waals surface area (Å²) in [6.07, 6.45) is 2.98. The van der Waals surface area contributed by atoms with E-state index in [9.17, 15) is 13.2 Å². The van der Waals surface area contributed by atoms with E-state index in [4.69, 9.17) is 11.6 Å². The molecule has 0 bridgehead atoms. The minimum Gasteiger partial charge on any atom is -0.349 e. The molecule has 170 valence electrons. The molecule has 0 aliphatic heterocycles. The Bertz CT molecular complexity index is 1250. The number of nitrogens with one attached hydrogen (secondary N) is 1. The van der Waals surface area contributed by atoms with Crippen LogP contribution < -0.4 is 5.32 Å². The largest absolute Gasteiger partial charge is 0.349 e. The molecule has 1 amide bonds. The highest BCUT2D eigenvalue weighted by atomic mass is 35.5. The molecule has 1 atom stereocenters. The molecule has 32 heavy (non-hydrogen) atoms. The number of carbonyl (C=O) groups is 1. The Hall–Kier alpha value is -2.42. The molecule has 1 aliphatic carbocycles. The first kappa shape index (κ1) is 22.8. The van der Waals surface area contributed by atoms with E-state index >= 15 is 0 Å². The zero-order valence-electron chi connectivity index (χ0n) is 18.4. The Labute approximate surface area is 193 Å². The molecule has 4 rings (SSSR count). The first-order chi connectivity index (χ1) is 15.2. The van der Waals surface area contributed by atoms with E-state index in [1.54, 1.807) is 18.2 Å². The van der Waals surface area contributed by atoms with Gasteiger partial charge in [-0.1, -0.05) is 23.7 Å². The van der Waals surface area contributed by atoms with Crippen molar-refractivity contribution in [3.63, 3.8) is 0 Å². The first-order valence-corrected chi connectivity index (χ1v) is 12.4. The maximum atomic E-state index is 12.7. The van der Waals surface area contributed by atoms with Crippen LogP contribution in [0.2, 0.25) is 5.02 Å². The fourth-order valence-electron chi connectivity index (χ4n) is 3.87. The number of benzene rings is 2. The van der Waals surface area contributed by atoms with Crippen molar-refractivity contribution in [3.8, 4) is 0 Å². The molecule has 7 nitrogen and oxygen atoms in total. The van der Waals surface area contributed by atoms with Crippen LogP contribution in [0.1, 0.15) is 36.7 Å². The highest BCUT2D eigenvalue weighted by Gasteiger charge is 2.33. The van der Waals surface area contributed by atoms with Gasteiger partial charge in [0, 0.05) is 39.0 Å². The van der Waals surface area contributed by atoms with Gasteiger partial charge in [-0.2, -0.15) is 0 Å². The zero-order chi connectivity index (χ0) is 23.0. The van der Waals surface area contributed by atoms with Gasteiger partial charge in [0.25, 0.3) is 0 Å². The van der Waals surface area contributed by atoms with Gasteiger partial charge in [0.05, 0.1) is 22.0 Å². The molecule has 0 saturated heterocycles.